The Balaban J connectivity index is 0.000000880. The molecule has 144 valence electrons. The first-order chi connectivity index (χ1) is 11.9. The molecule has 0 radical (unpaired) electrons. The van der Waals surface area contributed by atoms with Crippen molar-refractivity contribution in [3.05, 3.63) is 0 Å². The second-order valence-corrected chi connectivity index (χ2v) is 9.87. The summed E-state index contributed by atoms with van der Waals surface area (Å²) in [6.45, 7) is 10.8. The van der Waals surface area contributed by atoms with Gasteiger partial charge in [0.05, 0.1) is 6.10 Å². The zero-order valence-corrected chi connectivity index (χ0v) is 17.2. The molecule has 25 heavy (non-hydrogen) atoms. The average Bonchev–Trinajstić information content (AvgIpc) is 2.95. The summed E-state index contributed by atoms with van der Waals surface area (Å²) >= 11 is 0. The molecule has 4 aliphatic carbocycles. The Bertz CT molecular complexity index is 500. The number of carbonyl (C=O) groups is 1. The van der Waals surface area contributed by atoms with Crippen molar-refractivity contribution >= 4 is 5.78 Å². The number of aliphatic hydroxyl groups excluding tert-OH is 1. The molecule has 1 N–H and O–H groups in total. The Labute approximate surface area is 155 Å². The van der Waals surface area contributed by atoms with Crippen LogP contribution in [0.5, 0.6) is 0 Å². The molecule has 0 amide bonds. The molecule has 0 bridgehead atoms. The maximum atomic E-state index is 12.2. The molecule has 8 atom stereocenters. The third-order valence-electron chi connectivity index (χ3n) is 9.13. The van der Waals surface area contributed by atoms with Gasteiger partial charge in [0.15, 0.2) is 0 Å². The first-order valence-electron chi connectivity index (χ1n) is 11.0. The number of hydrogen-bond donors (Lipinski definition) is 1. The van der Waals surface area contributed by atoms with Crippen molar-refractivity contribution in [2.75, 3.05) is 0 Å². The minimum atomic E-state index is -0.0490. The van der Waals surface area contributed by atoms with Crippen molar-refractivity contribution in [1.29, 1.82) is 0 Å². The van der Waals surface area contributed by atoms with Crippen molar-refractivity contribution in [2.24, 2.45) is 40.4 Å². The number of fused-ring (bicyclic) bond motifs is 5. The molecule has 4 saturated carbocycles. The van der Waals surface area contributed by atoms with E-state index in [0.29, 0.717) is 17.1 Å². The molecule has 4 fully saturated rings. The second-order valence-electron chi connectivity index (χ2n) is 9.87. The third-order valence-corrected chi connectivity index (χ3v) is 9.13. The number of hydrogen-bond acceptors (Lipinski definition) is 2. The molecule has 0 aromatic heterocycles. The Morgan fingerprint density at radius 2 is 1.52 bits per heavy atom. The summed E-state index contributed by atoms with van der Waals surface area (Å²) in [7, 11) is 0. The molecule has 4 aliphatic rings. The van der Waals surface area contributed by atoms with Crippen molar-refractivity contribution in [1.82, 2.24) is 0 Å². The van der Waals surface area contributed by atoms with Gasteiger partial charge in [-0.05, 0) is 99.2 Å². The summed E-state index contributed by atoms with van der Waals surface area (Å²) in [5.41, 5.74) is 0.738. The first-order valence-corrected chi connectivity index (χ1v) is 11.0. The quantitative estimate of drug-likeness (QED) is 0.667. The summed E-state index contributed by atoms with van der Waals surface area (Å²) in [5.74, 6) is 3.97. The van der Waals surface area contributed by atoms with E-state index < -0.39 is 0 Å². The molecule has 0 unspecified atom stereocenters. The maximum absolute atomic E-state index is 12.2. The van der Waals surface area contributed by atoms with E-state index in [9.17, 15) is 9.90 Å². The van der Waals surface area contributed by atoms with E-state index in [1.807, 2.05) is 20.8 Å². The minimum absolute atomic E-state index is 0.0490. The normalized spacial score (nSPS) is 51.4. The summed E-state index contributed by atoms with van der Waals surface area (Å²) < 4.78 is 0. The predicted molar refractivity (Wildman–Crippen MR) is 103 cm³/mol. The summed E-state index contributed by atoms with van der Waals surface area (Å²) in [4.78, 5) is 12.2. The van der Waals surface area contributed by atoms with Gasteiger partial charge in [0.25, 0.3) is 0 Å². The van der Waals surface area contributed by atoms with E-state index in [2.05, 4.69) is 13.8 Å². The fraction of sp³-hybridized carbons (Fsp3) is 0.957. The van der Waals surface area contributed by atoms with Crippen LogP contribution in [0.25, 0.3) is 0 Å². The Kier molecular flexibility index (Phi) is 5.42. The van der Waals surface area contributed by atoms with E-state index in [0.717, 1.165) is 42.9 Å². The number of carbonyl (C=O) groups excluding carboxylic acids is 1. The van der Waals surface area contributed by atoms with Crippen LogP contribution >= 0.6 is 0 Å². The average molecular weight is 349 g/mol. The van der Waals surface area contributed by atoms with Crippen LogP contribution in [0, 0.1) is 40.4 Å². The Morgan fingerprint density at radius 3 is 2.20 bits per heavy atom. The van der Waals surface area contributed by atoms with Crippen LogP contribution in [0.4, 0.5) is 0 Å². The van der Waals surface area contributed by atoms with E-state index in [1.165, 1.54) is 38.5 Å². The van der Waals surface area contributed by atoms with Crippen LogP contribution in [0.1, 0.15) is 92.4 Å². The van der Waals surface area contributed by atoms with E-state index >= 15 is 0 Å². The van der Waals surface area contributed by atoms with Crippen LogP contribution in [0.15, 0.2) is 0 Å². The largest absolute Gasteiger partial charge is 0.393 e. The molecule has 0 aromatic carbocycles. The highest BCUT2D eigenvalue weighted by Gasteiger charge is 2.60. The maximum Gasteiger partial charge on any atom is 0.133 e. The van der Waals surface area contributed by atoms with Gasteiger partial charge in [-0.2, -0.15) is 0 Å². The molecule has 0 spiro atoms. The van der Waals surface area contributed by atoms with Crippen LogP contribution in [-0.2, 0) is 4.79 Å². The Morgan fingerprint density at radius 1 is 0.880 bits per heavy atom. The highest BCUT2D eigenvalue weighted by molar-refractivity contribution is 5.79. The topological polar surface area (TPSA) is 37.3 Å². The lowest BCUT2D eigenvalue weighted by molar-refractivity contribution is -0.138. The van der Waals surface area contributed by atoms with Gasteiger partial charge in [0, 0.05) is 5.92 Å². The standard InChI is InChI=1S/C21H34O2.C2H6/c1-13(22)17-6-7-18-16-5-4-14-12-15(23)8-10-20(14,2)19(16)9-11-21(17,18)3;1-2/h14-19,23H,4-12H2,1-3H3;1-2H3/t14-,15-,16-,17+,18-,19-,20-,21+;/m0./s1. The fourth-order valence-electron chi connectivity index (χ4n) is 7.90. The van der Waals surface area contributed by atoms with Crippen molar-refractivity contribution in [2.45, 2.75) is 98.5 Å². The highest BCUT2D eigenvalue weighted by Crippen LogP contribution is 2.67. The number of ketones is 1. The van der Waals surface area contributed by atoms with E-state index in [4.69, 9.17) is 0 Å². The number of rotatable bonds is 1. The van der Waals surface area contributed by atoms with Crippen LogP contribution in [-0.4, -0.2) is 17.0 Å². The van der Waals surface area contributed by atoms with Crippen molar-refractivity contribution in [3.8, 4) is 0 Å². The first kappa shape index (κ1) is 19.4. The summed E-state index contributed by atoms with van der Waals surface area (Å²) in [5, 5.41) is 10.1. The van der Waals surface area contributed by atoms with Gasteiger partial charge in [-0.15, -0.1) is 0 Å². The SMILES string of the molecule is CC.CC(=O)[C@H]1CC[C@H]2[C@@H]3CC[C@H]4C[C@@H](O)CC[C@]4(C)[C@H]3CC[C@]12C. The van der Waals surface area contributed by atoms with Gasteiger partial charge in [0.1, 0.15) is 5.78 Å². The van der Waals surface area contributed by atoms with Gasteiger partial charge in [-0.25, -0.2) is 0 Å². The third kappa shape index (κ3) is 2.91. The molecule has 0 saturated heterocycles. The molecular weight excluding hydrogens is 308 g/mol. The van der Waals surface area contributed by atoms with Crippen molar-refractivity contribution < 1.29 is 9.90 Å². The molecule has 0 heterocycles. The van der Waals surface area contributed by atoms with Gasteiger partial charge in [0.2, 0.25) is 0 Å². The molecule has 0 aliphatic heterocycles. The zero-order chi connectivity index (χ0) is 18.4. The monoisotopic (exact) mass is 348 g/mol. The zero-order valence-electron chi connectivity index (χ0n) is 17.2. The van der Waals surface area contributed by atoms with Gasteiger partial charge in [-0.3, -0.25) is 4.79 Å². The molecule has 2 nitrogen and oxygen atoms in total. The summed E-state index contributed by atoms with van der Waals surface area (Å²) in [6, 6.07) is 0. The molecule has 2 heteroatoms. The highest BCUT2D eigenvalue weighted by atomic mass is 16.3. The molecule has 0 aromatic rings. The smallest absolute Gasteiger partial charge is 0.133 e. The van der Waals surface area contributed by atoms with E-state index in [-0.39, 0.29) is 11.5 Å². The van der Waals surface area contributed by atoms with Crippen LogP contribution in [0.2, 0.25) is 0 Å². The van der Waals surface area contributed by atoms with Gasteiger partial charge in [-0.1, -0.05) is 27.7 Å². The molecule has 4 rings (SSSR count). The van der Waals surface area contributed by atoms with Gasteiger partial charge < -0.3 is 5.11 Å². The van der Waals surface area contributed by atoms with Crippen molar-refractivity contribution in [3.63, 3.8) is 0 Å². The lowest BCUT2D eigenvalue weighted by Gasteiger charge is -2.60. The number of aliphatic hydroxyl groups is 1. The van der Waals surface area contributed by atoms with Crippen LogP contribution < -0.4 is 0 Å². The summed E-state index contributed by atoms with van der Waals surface area (Å²) in [6.07, 6.45) is 10.9. The predicted octanol–water partition coefficient (Wildman–Crippen LogP) is 5.62. The number of Topliss-reactive ketones (excluding diaryl/α,β-unsaturated/α-hetero) is 1. The Hall–Kier alpha value is -0.370. The second kappa shape index (κ2) is 6.98. The molecular formula is C23H40O2. The van der Waals surface area contributed by atoms with Gasteiger partial charge >= 0.3 is 0 Å². The lowest BCUT2D eigenvalue weighted by Crippen LogP contribution is -2.54. The van der Waals surface area contributed by atoms with E-state index in [1.54, 1.807) is 0 Å². The lowest BCUT2D eigenvalue weighted by atomic mass is 9.44. The van der Waals surface area contributed by atoms with Crippen LogP contribution in [0.3, 0.4) is 0 Å². The minimum Gasteiger partial charge on any atom is -0.393 e. The fourth-order valence-corrected chi connectivity index (χ4v) is 7.90.